The van der Waals surface area contributed by atoms with E-state index in [-0.39, 0.29) is 17.3 Å². The molecule has 1 aliphatic heterocycles. The van der Waals surface area contributed by atoms with Crippen LogP contribution in [0.2, 0.25) is 0 Å². The van der Waals surface area contributed by atoms with Crippen LogP contribution in [0.5, 0.6) is 0 Å². The van der Waals surface area contributed by atoms with E-state index in [1.807, 2.05) is 12.1 Å². The average Bonchev–Trinajstić information content (AvgIpc) is 2.78. The number of hydrogen-bond acceptors (Lipinski definition) is 2. The second-order valence-electron chi connectivity index (χ2n) is 10.5. The third-order valence-electron chi connectivity index (χ3n) is 8.04. The Balaban J connectivity index is 1.26. The molecule has 1 unspecified atom stereocenters. The third kappa shape index (κ3) is 5.06. The van der Waals surface area contributed by atoms with Gasteiger partial charge in [-0.05, 0) is 79.2 Å². The van der Waals surface area contributed by atoms with Crippen molar-refractivity contribution in [3.05, 3.63) is 71.0 Å². The molecule has 0 spiro atoms. The van der Waals surface area contributed by atoms with Gasteiger partial charge < -0.3 is 5.32 Å². The molecule has 2 saturated carbocycles. The highest BCUT2D eigenvalue weighted by molar-refractivity contribution is 5.79. The quantitative estimate of drug-likeness (QED) is 0.672. The molecule has 2 bridgehead atoms. The first kappa shape index (κ1) is 21.6. The summed E-state index contributed by atoms with van der Waals surface area (Å²) in [6.07, 6.45) is 10.3. The summed E-state index contributed by atoms with van der Waals surface area (Å²) in [7, 11) is 0. The first-order valence-corrected chi connectivity index (χ1v) is 12.4. The summed E-state index contributed by atoms with van der Waals surface area (Å²) >= 11 is 0. The van der Waals surface area contributed by atoms with E-state index in [4.69, 9.17) is 0 Å². The maximum Gasteiger partial charge on any atom is 0.234 e. The van der Waals surface area contributed by atoms with Crippen LogP contribution in [0.1, 0.15) is 61.6 Å². The molecule has 0 radical (unpaired) electrons. The summed E-state index contributed by atoms with van der Waals surface area (Å²) in [5.74, 6) is 1.45. The largest absolute Gasteiger partial charge is 0.350 e. The van der Waals surface area contributed by atoms with Gasteiger partial charge in [0.1, 0.15) is 5.82 Å². The van der Waals surface area contributed by atoms with Crippen LogP contribution in [0, 0.1) is 17.7 Å². The Labute approximate surface area is 191 Å². The minimum Gasteiger partial charge on any atom is -0.350 e. The van der Waals surface area contributed by atoms with Gasteiger partial charge in [0.15, 0.2) is 0 Å². The molecule has 3 aliphatic rings. The van der Waals surface area contributed by atoms with Crippen LogP contribution >= 0.6 is 0 Å². The maximum atomic E-state index is 13.3. The van der Waals surface area contributed by atoms with Gasteiger partial charge in [0.25, 0.3) is 0 Å². The lowest BCUT2D eigenvalue weighted by Gasteiger charge is -2.48. The molecule has 5 rings (SSSR count). The average molecular weight is 435 g/mol. The Kier molecular flexibility index (Phi) is 6.32. The van der Waals surface area contributed by atoms with Crippen LogP contribution in [-0.4, -0.2) is 29.4 Å². The molecule has 1 N–H and O–H groups in total. The summed E-state index contributed by atoms with van der Waals surface area (Å²) in [6, 6.07) is 15.5. The van der Waals surface area contributed by atoms with E-state index in [2.05, 4.69) is 34.5 Å². The van der Waals surface area contributed by atoms with Crippen LogP contribution in [-0.2, 0) is 24.2 Å². The smallest absolute Gasteiger partial charge is 0.234 e. The SMILES string of the molecule is O=C(CN1CCc2ccccc2C1)NC1(CCc2ccc(F)cc2)C[C@@H]2CCC[C@@H](C2)C1. The molecule has 2 aliphatic carbocycles. The van der Waals surface area contributed by atoms with Gasteiger partial charge in [0.05, 0.1) is 6.54 Å². The number of nitrogens with zero attached hydrogens (tertiary/aromatic N) is 1. The molecule has 4 heteroatoms. The fourth-order valence-electron chi connectivity index (χ4n) is 6.59. The third-order valence-corrected chi connectivity index (χ3v) is 8.04. The van der Waals surface area contributed by atoms with Gasteiger partial charge >= 0.3 is 0 Å². The van der Waals surface area contributed by atoms with E-state index in [9.17, 15) is 9.18 Å². The van der Waals surface area contributed by atoms with Gasteiger partial charge in [-0.3, -0.25) is 9.69 Å². The summed E-state index contributed by atoms with van der Waals surface area (Å²) < 4.78 is 13.3. The summed E-state index contributed by atoms with van der Waals surface area (Å²) in [5.41, 5.74) is 3.81. The summed E-state index contributed by atoms with van der Waals surface area (Å²) in [6.45, 7) is 2.28. The highest BCUT2D eigenvalue weighted by Gasteiger charge is 2.42. The fourth-order valence-corrected chi connectivity index (χ4v) is 6.59. The zero-order valence-electron chi connectivity index (χ0n) is 19.0. The molecule has 170 valence electrons. The normalized spacial score (nSPS) is 27.5. The second-order valence-corrected chi connectivity index (χ2v) is 10.5. The van der Waals surface area contributed by atoms with Crippen LogP contribution < -0.4 is 5.32 Å². The molecule has 3 atom stereocenters. The number of fused-ring (bicyclic) bond motifs is 3. The molecular formula is C28H35FN2O. The lowest BCUT2D eigenvalue weighted by Crippen LogP contribution is -2.56. The standard InChI is InChI=1S/C28H35FN2O/c29-26-10-8-21(9-11-26)12-14-28(17-22-4-3-5-23(16-22)18-28)30-27(32)20-31-15-13-24-6-1-2-7-25(24)19-31/h1-2,6-11,22-23H,3-5,12-20H2,(H,30,32)/t22-,23+,28?. The van der Waals surface area contributed by atoms with Crippen molar-refractivity contribution in [1.29, 1.82) is 0 Å². The van der Waals surface area contributed by atoms with Crippen molar-refractivity contribution in [2.75, 3.05) is 13.1 Å². The first-order valence-electron chi connectivity index (χ1n) is 12.4. The molecule has 0 saturated heterocycles. The first-order chi connectivity index (χ1) is 15.6. The minimum absolute atomic E-state index is 0.118. The Morgan fingerprint density at radius 3 is 2.50 bits per heavy atom. The molecule has 2 aromatic rings. The maximum absolute atomic E-state index is 13.3. The van der Waals surface area contributed by atoms with Crippen molar-refractivity contribution >= 4 is 5.91 Å². The molecule has 32 heavy (non-hydrogen) atoms. The van der Waals surface area contributed by atoms with Gasteiger partial charge in [-0.2, -0.15) is 0 Å². The number of aryl methyl sites for hydroxylation is 1. The number of carbonyl (C=O) groups excluding carboxylic acids is 1. The van der Waals surface area contributed by atoms with Crippen molar-refractivity contribution in [2.45, 2.75) is 69.9 Å². The summed E-state index contributed by atoms with van der Waals surface area (Å²) in [5, 5.41) is 3.56. The van der Waals surface area contributed by atoms with E-state index < -0.39 is 0 Å². The van der Waals surface area contributed by atoms with Crippen molar-refractivity contribution < 1.29 is 9.18 Å². The topological polar surface area (TPSA) is 32.3 Å². The highest BCUT2D eigenvalue weighted by atomic mass is 19.1. The molecule has 2 aromatic carbocycles. The van der Waals surface area contributed by atoms with Gasteiger partial charge in [-0.1, -0.05) is 55.7 Å². The highest BCUT2D eigenvalue weighted by Crippen LogP contribution is 2.46. The fraction of sp³-hybridized carbons (Fsp3) is 0.536. The van der Waals surface area contributed by atoms with E-state index in [1.165, 1.54) is 36.8 Å². The predicted octanol–water partition coefficient (Wildman–Crippen LogP) is 5.27. The Morgan fingerprint density at radius 2 is 1.75 bits per heavy atom. The molecular weight excluding hydrogens is 399 g/mol. The van der Waals surface area contributed by atoms with Crippen LogP contribution in [0.4, 0.5) is 4.39 Å². The number of halogens is 1. The van der Waals surface area contributed by atoms with E-state index >= 15 is 0 Å². The van der Waals surface area contributed by atoms with Gasteiger partial charge in [-0.25, -0.2) is 4.39 Å². The van der Waals surface area contributed by atoms with Crippen molar-refractivity contribution in [1.82, 2.24) is 10.2 Å². The molecule has 0 aromatic heterocycles. The zero-order valence-corrected chi connectivity index (χ0v) is 19.0. The van der Waals surface area contributed by atoms with Gasteiger partial charge in [0, 0.05) is 18.6 Å². The molecule has 1 amide bonds. The number of carbonyl (C=O) groups is 1. The zero-order chi connectivity index (χ0) is 22.0. The van der Waals surface area contributed by atoms with Crippen LogP contribution in [0.15, 0.2) is 48.5 Å². The van der Waals surface area contributed by atoms with Crippen LogP contribution in [0.3, 0.4) is 0 Å². The molecule has 2 fully saturated rings. The van der Waals surface area contributed by atoms with Crippen LogP contribution in [0.25, 0.3) is 0 Å². The number of amides is 1. The molecule has 3 nitrogen and oxygen atoms in total. The number of rotatable bonds is 6. The van der Waals surface area contributed by atoms with E-state index in [0.29, 0.717) is 6.54 Å². The van der Waals surface area contributed by atoms with Gasteiger partial charge in [0.2, 0.25) is 5.91 Å². The molecule has 1 heterocycles. The second kappa shape index (κ2) is 9.35. The number of benzene rings is 2. The van der Waals surface area contributed by atoms with Gasteiger partial charge in [-0.15, -0.1) is 0 Å². The Hall–Kier alpha value is -2.20. The van der Waals surface area contributed by atoms with E-state index in [0.717, 1.165) is 62.6 Å². The van der Waals surface area contributed by atoms with E-state index in [1.54, 1.807) is 12.1 Å². The van der Waals surface area contributed by atoms with Crippen molar-refractivity contribution in [3.8, 4) is 0 Å². The minimum atomic E-state index is -0.188. The Bertz CT molecular complexity index is 929. The number of nitrogens with one attached hydrogen (secondary N) is 1. The summed E-state index contributed by atoms with van der Waals surface area (Å²) in [4.78, 5) is 15.6. The van der Waals surface area contributed by atoms with Crippen molar-refractivity contribution in [3.63, 3.8) is 0 Å². The monoisotopic (exact) mass is 434 g/mol. The lowest BCUT2D eigenvalue weighted by molar-refractivity contribution is -0.125. The lowest BCUT2D eigenvalue weighted by atomic mass is 9.63. The predicted molar refractivity (Wildman–Crippen MR) is 126 cm³/mol. The number of hydrogen-bond donors (Lipinski definition) is 1. The Morgan fingerprint density at radius 1 is 1.03 bits per heavy atom. The van der Waals surface area contributed by atoms with Crippen molar-refractivity contribution in [2.24, 2.45) is 11.8 Å².